The fourth-order valence-electron chi connectivity index (χ4n) is 2.09. The van der Waals surface area contributed by atoms with Gasteiger partial charge in [-0.1, -0.05) is 12.1 Å². The number of aryl methyl sites for hydroxylation is 2. The number of thiazole rings is 1. The summed E-state index contributed by atoms with van der Waals surface area (Å²) in [6.45, 7) is 8.16. The van der Waals surface area contributed by atoms with Crippen molar-refractivity contribution in [1.82, 2.24) is 15.6 Å². The Morgan fingerprint density at radius 3 is 2.70 bits per heavy atom. The molecule has 1 aromatic heterocycles. The SMILES string of the molecule is CCOc1cccc(CNC(=NC)NCc2nc(C)c(C)s2)c1. The van der Waals surface area contributed by atoms with E-state index in [0.717, 1.165) is 28.0 Å². The van der Waals surface area contributed by atoms with Crippen LogP contribution in [0.15, 0.2) is 29.3 Å². The van der Waals surface area contributed by atoms with Gasteiger partial charge >= 0.3 is 0 Å². The van der Waals surface area contributed by atoms with Crippen LogP contribution in [0.1, 0.15) is 28.1 Å². The van der Waals surface area contributed by atoms with Crippen LogP contribution in [0.2, 0.25) is 0 Å². The zero-order valence-corrected chi connectivity index (χ0v) is 15.0. The van der Waals surface area contributed by atoms with Crippen molar-refractivity contribution in [2.24, 2.45) is 4.99 Å². The first-order chi connectivity index (χ1) is 11.1. The standard InChI is InChI=1S/C17H24N4OS/c1-5-22-15-8-6-7-14(9-15)10-19-17(18-4)20-11-16-21-12(2)13(3)23-16/h6-9H,5,10-11H2,1-4H3,(H2,18,19,20). The molecule has 2 rings (SSSR count). The molecular weight excluding hydrogens is 308 g/mol. The number of aliphatic imine (C=N–C) groups is 1. The van der Waals surface area contributed by atoms with Gasteiger partial charge in [0.15, 0.2) is 5.96 Å². The van der Waals surface area contributed by atoms with Crippen LogP contribution in [-0.2, 0) is 13.1 Å². The molecule has 0 spiro atoms. The molecule has 23 heavy (non-hydrogen) atoms. The van der Waals surface area contributed by atoms with Crippen LogP contribution in [-0.4, -0.2) is 24.6 Å². The third-order valence-electron chi connectivity index (χ3n) is 3.37. The monoisotopic (exact) mass is 332 g/mol. The van der Waals surface area contributed by atoms with Gasteiger partial charge in [0, 0.05) is 18.5 Å². The van der Waals surface area contributed by atoms with E-state index in [-0.39, 0.29) is 0 Å². The van der Waals surface area contributed by atoms with Crippen LogP contribution in [0.25, 0.3) is 0 Å². The first-order valence-electron chi connectivity index (χ1n) is 7.71. The predicted molar refractivity (Wildman–Crippen MR) is 96.2 cm³/mol. The minimum absolute atomic E-state index is 0.673. The van der Waals surface area contributed by atoms with Crippen LogP contribution in [0.5, 0.6) is 5.75 Å². The van der Waals surface area contributed by atoms with Crippen LogP contribution in [0.4, 0.5) is 0 Å². The number of hydrogen-bond acceptors (Lipinski definition) is 4. The second-order valence-corrected chi connectivity index (χ2v) is 6.40. The molecule has 0 aliphatic rings. The van der Waals surface area contributed by atoms with E-state index in [1.165, 1.54) is 4.88 Å². The van der Waals surface area contributed by atoms with Crippen molar-refractivity contribution < 1.29 is 4.74 Å². The lowest BCUT2D eigenvalue weighted by atomic mass is 10.2. The summed E-state index contributed by atoms with van der Waals surface area (Å²) in [6, 6.07) is 8.07. The molecule has 124 valence electrons. The topological polar surface area (TPSA) is 58.5 Å². The molecule has 2 aromatic rings. The first-order valence-corrected chi connectivity index (χ1v) is 8.53. The minimum Gasteiger partial charge on any atom is -0.494 e. The zero-order valence-electron chi connectivity index (χ0n) is 14.1. The Kier molecular flexibility index (Phi) is 6.40. The largest absolute Gasteiger partial charge is 0.494 e. The van der Waals surface area contributed by atoms with Gasteiger partial charge in [-0.05, 0) is 38.5 Å². The summed E-state index contributed by atoms with van der Waals surface area (Å²) < 4.78 is 5.52. The molecule has 1 aromatic carbocycles. The summed E-state index contributed by atoms with van der Waals surface area (Å²) >= 11 is 1.72. The summed E-state index contributed by atoms with van der Waals surface area (Å²) in [5.74, 6) is 1.65. The molecule has 0 aliphatic carbocycles. The van der Waals surface area contributed by atoms with Gasteiger partial charge in [0.2, 0.25) is 0 Å². The maximum atomic E-state index is 5.52. The lowest BCUT2D eigenvalue weighted by Gasteiger charge is -2.11. The molecule has 0 fully saturated rings. The Labute approximate surface area is 141 Å². The van der Waals surface area contributed by atoms with Gasteiger partial charge in [-0.3, -0.25) is 4.99 Å². The number of nitrogens with zero attached hydrogens (tertiary/aromatic N) is 2. The molecule has 0 amide bonds. The molecule has 0 saturated heterocycles. The molecule has 0 radical (unpaired) electrons. The second-order valence-electron chi connectivity index (χ2n) is 5.11. The summed E-state index contributed by atoms with van der Waals surface area (Å²) in [6.07, 6.45) is 0. The van der Waals surface area contributed by atoms with Gasteiger partial charge in [-0.25, -0.2) is 4.98 Å². The quantitative estimate of drug-likeness (QED) is 0.631. The van der Waals surface area contributed by atoms with E-state index in [9.17, 15) is 0 Å². The number of rotatable bonds is 6. The van der Waals surface area contributed by atoms with Gasteiger partial charge in [0.25, 0.3) is 0 Å². The second kappa shape index (κ2) is 8.53. The van der Waals surface area contributed by atoms with Gasteiger partial charge in [-0.2, -0.15) is 0 Å². The fraction of sp³-hybridized carbons (Fsp3) is 0.412. The summed E-state index contributed by atoms with van der Waals surface area (Å²) in [7, 11) is 1.77. The molecule has 0 bridgehead atoms. The smallest absolute Gasteiger partial charge is 0.191 e. The van der Waals surface area contributed by atoms with E-state index in [4.69, 9.17) is 4.74 Å². The molecule has 0 atom stereocenters. The van der Waals surface area contributed by atoms with Crippen molar-refractivity contribution in [3.05, 3.63) is 45.4 Å². The summed E-state index contributed by atoms with van der Waals surface area (Å²) in [5.41, 5.74) is 2.25. The van der Waals surface area contributed by atoms with E-state index < -0.39 is 0 Å². The van der Waals surface area contributed by atoms with Gasteiger partial charge in [0.05, 0.1) is 18.8 Å². The van der Waals surface area contributed by atoms with Crippen molar-refractivity contribution in [3.8, 4) is 5.75 Å². The van der Waals surface area contributed by atoms with Crippen molar-refractivity contribution in [2.75, 3.05) is 13.7 Å². The number of aromatic nitrogens is 1. The van der Waals surface area contributed by atoms with Crippen molar-refractivity contribution >= 4 is 17.3 Å². The highest BCUT2D eigenvalue weighted by molar-refractivity contribution is 7.11. The molecule has 6 heteroatoms. The molecule has 0 unspecified atom stereocenters. The zero-order chi connectivity index (χ0) is 16.7. The highest BCUT2D eigenvalue weighted by atomic mass is 32.1. The molecule has 5 nitrogen and oxygen atoms in total. The highest BCUT2D eigenvalue weighted by Gasteiger charge is 2.05. The van der Waals surface area contributed by atoms with Crippen molar-refractivity contribution in [1.29, 1.82) is 0 Å². The molecule has 0 saturated carbocycles. The maximum absolute atomic E-state index is 5.52. The van der Waals surface area contributed by atoms with E-state index in [0.29, 0.717) is 19.7 Å². The third-order valence-corrected chi connectivity index (χ3v) is 4.45. The van der Waals surface area contributed by atoms with Crippen LogP contribution >= 0.6 is 11.3 Å². The van der Waals surface area contributed by atoms with Gasteiger partial charge < -0.3 is 15.4 Å². The third kappa shape index (κ3) is 5.25. The Morgan fingerprint density at radius 2 is 2.04 bits per heavy atom. The predicted octanol–water partition coefficient (Wildman–Crippen LogP) is 3.02. The number of benzene rings is 1. The molecular formula is C17H24N4OS. The number of nitrogens with one attached hydrogen (secondary N) is 2. The van der Waals surface area contributed by atoms with E-state index >= 15 is 0 Å². The Balaban J connectivity index is 1.86. The minimum atomic E-state index is 0.673. The van der Waals surface area contributed by atoms with Crippen molar-refractivity contribution in [2.45, 2.75) is 33.9 Å². The summed E-state index contributed by atoms with van der Waals surface area (Å²) in [5, 5.41) is 7.67. The average Bonchev–Trinajstić information content (AvgIpc) is 2.87. The Morgan fingerprint density at radius 1 is 1.26 bits per heavy atom. The van der Waals surface area contributed by atoms with E-state index in [1.807, 2.05) is 32.0 Å². The lowest BCUT2D eigenvalue weighted by molar-refractivity contribution is 0.340. The molecule has 1 heterocycles. The van der Waals surface area contributed by atoms with E-state index in [2.05, 4.69) is 33.6 Å². The lowest BCUT2D eigenvalue weighted by Crippen LogP contribution is -2.36. The fourth-order valence-corrected chi connectivity index (χ4v) is 2.97. The van der Waals surface area contributed by atoms with Gasteiger partial charge in [0.1, 0.15) is 10.8 Å². The Bertz CT molecular complexity index is 647. The maximum Gasteiger partial charge on any atom is 0.191 e. The first kappa shape index (κ1) is 17.3. The van der Waals surface area contributed by atoms with E-state index in [1.54, 1.807) is 18.4 Å². The van der Waals surface area contributed by atoms with Gasteiger partial charge in [-0.15, -0.1) is 11.3 Å². The Hall–Kier alpha value is -2.08. The number of guanidine groups is 1. The van der Waals surface area contributed by atoms with Crippen LogP contribution < -0.4 is 15.4 Å². The highest BCUT2D eigenvalue weighted by Crippen LogP contribution is 2.16. The summed E-state index contributed by atoms with van der Waals surface area (Å²) in [4.78, 5) is 10.0. The molecule has 2 N–H and O–H groups in total. The molecule has 0 aliphatic heterocycles. The van der Waals surface area contributed by atoms with Crippen molar-refractivity contribution in [3.63, 3.8) is 0 Å². The number of ether oxygens (including phenoxy) is 1. The normalized spacial score (nSPS) is 11.4. The van der Waals surface area contributed by atoms with Crippen LogP contribution in [0.3, 0.4) is 0 Å². The number of hydrogen-bond donors (Lipinski definition) is 2. The average molecular weight is 332 g/mol. The van der Waals surface area contributed by atoms with Crippen LogP contribution in [0, 0.1) is 13.8 Å².